The molecule has 0 radical (unpaired) electrons. The van der Waals surface area contributed by atoms with Crippen LogP contribution in [0.5, 0.6) is 0 Å². The Kier molecular flexibility index (Phi) is 7.54. The van der Waals surface area contributed by atoms with Crippen LogP contribution in [0.4, 0.5) is 5.69 Å². The second-order valence-corrected chi connectivity index (χ2v) is 9.58. The number of halogens is 1. The van der Waals surface area contributed by atoms with Crippen molar-refractivity contribution >= 4 is 46.3 Å². The quantitative estimate of drug-likeness (QED) is 0.537. The summed E-state index contributed by atoms with van der Waals surface area (Å²) in [6.45, 7) is 3.16. The molecule has 10 heteroatoms. The van der Waals surface area contributed by atoms with Gasteiger partial charge in [-0.05, 0) is 49.6 Å². The lowest BCUT2D eigenvalue weighted by Crippen LogP contribution is -2.45. The standard InChI is InChI=1S/C24H24ClN5O3S/c1-15-7-9-19(10-8-15)27-21(32)22-28-29-23(34-22)24(33)30-11-3-5-17(14-30)20(31)26-13-16-4-2-6-18(25)12-16/h2,4,6-10,12,17H,3,5,11,13-14H2,1H3,(H,26,31)(H,27,32). The summed E-state index contributed by atoms with van der Waals surface area (Å²) >= 11 is 6.94. The Morgan fingerprint density at radius 1 is 1.12 bits per heavy atom. The molecule has 2 N–H and O–H groups in total. The monoisotopic (exact) mass is 497 g/mol. The average molecular weight is 498 g/mol. The molecular formula is C24H24ClN5O3S. The molecule has 4 rings (SSSR count). The van der Waals surface area contributed by atoms with Gasteiger partial charge in [-0.15, -0.1) is 10.2 Å². The Hall–Kier alpha value is -3.30. The second-order valence-electron chi connectivity index (χ2n) is 8.17. The zero-order chi connectivity index (χ0) is 24.1. The predicted molar refractivity (Wildman–Crippen MR) is 131 cm³/mol. The minimum Gasteiger partial charge on any atom is -0.352 e. The molecule has 1 aliphatic heterocycles. The number of anilines is 1. The van der Waals surface area contributed by atoms with Crippen LogP contribution >= 0.6 is 22.9 Å². The lowest BCUT2D eigenvalue weighted by Gasteiger charge is -2.31. The van der Waals surface area contributed by atoms with Gasteiger partial charge in [0.05, 0.1) is 5.92 Å². The number of nitrogens with zero attached hydrogens (tertiary/aromatic N) is 3. The zero-order valence-electron chi connectivity index (χ0n) is 18.6. The van der Waals surface area contributed by atoms with E-state index in [1.165, 1.54) is 0 Å². The van der Waals surface area contributed by atoms with Gasteiger partial charge in [0, 0.05) is 30.3 Å². The lowest BCUT2D eigenvalue weighted by molar-refractivity contribution is -0.126. The molecular weight excluding hydrogens is 474 g/mol. The van der Waals surface area contributed by atoms with Crippen LogP contribution in [-0.2, 0) is 11.3 Å². The van der Waals surface area contributed by atoms with Crippen LogP contribution in [0.15, 0.2) is 48.5 Å². The van der Waals surface area contributed by atoms with Crippen LogP contribution in [0, 0.1) is 12.8 Å². The van der Waals surface area contributed by atoms with Gasteiger partial charge in [-0.1, -0.05) is 52.8 Å². The fourth-order valence-corrected chi connectivity index (χ4v) is 4.63. The molecule has 0 bridgehead atoms. The topological polar surface area (TPSA) is 104 Å². The summed E-state index contributed by atoms with van der Waals surface area (Å²) in [6, 6.07) is 14.7. The van der Waals surface area contributed by atoms with E-state index >= 15 is 0 Å². The first-order chi connectivity index (χ1) is 16.4. The third-order valence-corrected chi connectivity index (χ3v) is 6.69. The van der Waals surface area contributed by atoms with Crippen molar-refractivity contribution in [2.45, 2.75) is 26.3 Å². The molecule has 34 heavy (non-hydrogen) atoms. The maximum Gasteiger partial charge on any atom is 0.286 e. The van der Waals surface area contributed by atoms with Crippen molar-refractivity contribution in [3.8, 4) is 0 Å². The molecule has 1 unspecified atom stereocenters. The zero-order valence-corrected chi connectivity index (χ0v) is 20.2. The van der Waals surface area contributed by atoms with Gasteiger partial charge in [0.15, 0.2) is 0 Å². The van der Waals surface area contributed by atoms with E-state index in [-0.39, 0.29) is 27.7 Å². The van der Waals surface area contributed by atoms with E-state index in [4.69, 9.17) is 11.6 Å². The summed E-state index contributed by atoms with van der Waals surface area (Å²) in [5.74, 6) is -1.15. The summed E-state index contributed by atoms with van der Waals surface area (Å²) in [6.07, 6.45) is 1.41. The smallest absolute Gasteiger partial charge is 0.286 e. The molecule has 0 saturated carbocycles. The summed E-state index contributed by atoms with van der Waals surface area (Å²) < 4.78 is 0. The van der Waals surface area contributed by atoms with Gasteiger partial charge in [-0.3, -0.25) is 14.4 Å². The van der Waals surface area contributed by atoms with E-state index in [0.717, 1.165) is 22.5 Å². The number of aryl methyl sites for hydroxylation is 1. The summed E-state index contributed by atoms with van der Waals surface area (Å²) in [4.78, 5) is 39.7. The van der Waals surface area contributed by atoms with E-state index in [2.05, 4.69) is 20.8 Å². The summed E-state index contributed by atoms with van der Waals surface area (Å²) in [7, 11) is 0. The molecule has 8 nitrogen and oxygen atoms in total. The first-order valence-electron chi connectivity index (χ1n) is 10.9. The fourth-order valence-electron chi connectivity index (χ4n) is 3.71. The van der Waals surface area contributed by atoms with Crippen LogP contribution in [0.2, 0.25) is 5.02 Å². The Morgan fingerprint density at radius 3 is 2.65 bits per heavy atom. The van der Waals surface area contributed by atoms with E-state index in [1.54, 1.807) is 29.2 Å². The SMILES string of the molecule is Cc1ccc(NC(=O)c2nnc(C(=O)N3CCCC(C(=O)NCc4cccc(Cl)c4)C3)s2)cc1. The molecule has 3 amide bonds. The van der Waals surface area contributed by atoms with Gasteiger partial charge in [-0.25, -0.2) is 0 Å². The molecule has 0 spiro atoms. The number of carbonyl (C=O) groups excluding carboxylic acids is 3. The van der Waals surface area contributed by atoms with Gasteiger partial charge in [0.2, 0.25) is 15.9 Å². The number of carbonyl (C=O) groups is 3. The summed E-state index contributed by atoms with van der Waals surface area (Å²) in [5.41, 5.74) is 2.64. The molecule has 0 aliphatic carbocycles. The van der Waals surface area contributed by atoms with Crippen molar-refractivity contribution in [3.05, 3.63) is 74.7 Å². The van der Waals surface area contributed by atoms with Crippen molar-refractivity contribution in [1.82, 2.24) is 20.4 Å². The Bertz CT molecular complexity index is 1200. The van der Waals surface area contributed by atoms with Crippen LogP contribution in [-0.4, -0.2) is 45.9 Å². The van der Waals surface area contributed by atoms with Gasteiger partial charge >= 0.3 is 0 Å². The molecule has 2 aromatic carbocycles. The molecule has 1 aromatic heterocycles. The van der Waals surface area contributed by atoms with Gasteiger partial charge in [-0.2, -0.15) is 0 Å². The number of hydrogen-bond donors (Lipinski definition) is 2. The Morgan fingerprint density at radius 2 is 1.88 bits per heavy atom. The van der Waals surface area contributed by atoms with Crippen LogP contribution in [0.3, 0.4) is 0 Å². The van der Waals surface area contributed by atoms with Crippen molar-refractivity contribution < 1.29 is 14.4 Å². The van der Waals surface area contributed by atoms with Crippen molar-refractivity contribution in [3.63, 3.8) is 0 Å². The van der Waals surface area contributed by atoms with Crippen molar-refractivity contribution in [2.24, 2.45) is 5.92 Å². The highest BCUT2D eigenvalue weighted by Crippen LogP contribution is 2.21. The van der Waals surface area contributed by atoms with E-state index in [0.29, 0.717) is 43.2 Å². The lowest BCUT2D eigenvalue weighted by atomic mass is 9.97. The third-order valence-electron chi connectivity index (χ3n) is 5.55. The number of aromatic nitrogens is 2. The summed E-state index contributed by atoms with van der Waals surface area (Å²) in [5, 5.41) is 14.4. The van der Waals surface area contributed by atoms with E-state index < -0.39 is 5.91 Å². The van der Waals surface area contributed by atoms with Gasteiger partial charge in [0.25, 0.3) is 11.8 Å². The molecule has 1 fully saturated rings. The first kappa shape index (κ1) is 23.8. The highest BCUT2D eigenvalue weighted by molar-refractivity contribution is 7.15. The predicted octanol–water partition coefficient (Wildman–Crippen LogP) is 3.92. The Balaban J connectivity index is 1.33. The van der Waals surface area contributed by atoms with Crippen molar-refractivity contribution in [1.29, 1.82) is 0 Å². The maximum absolute atomic E-state index is 13.0. The number of rotatable bonds is 6. The van der Waals surface area contributed by atoms with Gasteiger partial charge < -0.3 is 15.5 Å². The molecule has 2 heterocycles. The minimum atomic E-state index is -0.419. The molecule has 1 atom stereocenters. The van der Waals surface area contributed by atoms with Crippen LogP contribution in [0.25, 0.3) is 0 Å². The number of hydrogen-bond acceptors (Lipinski definition) is 6. The number of piperidine rings is 1. The normalized spacial score (nSPS) is 15.6. The third kappa shape index (κ3) is 5.98. The number of amides is 3. The highest BCUT2D eigenvalue weighted by atomic mass is 35.5. The largest absolute Gasteiger partial charge is 0.352 e. The minimum absolute atomic E-state index is 0.104. The second kappa shape index (κ2) is 10.8. The van der Waals surface area contributed by atoms with Crippen LogP contribution < -0.4 is 10.6 Å². The van der Waals surface area contributed by atoms with Crippen LogP contribution in [0.1, 0.15) is 43.6 Å². The number of benzene rings is 2. The van der Waals surface area contributed by atoms with E-state index in [9.17, 15) is 14.4 Å². The maximum atomic E-state index is 13.0. The molecule has 1 aliphatic rings. The fraction of sp³-hybridized carbons (Fsp3) is 0.292. The highest BCUT2D eigenvalue weighted by Gasteiger charge is 2.30. The van der Waals surface area contributed by atoms with Gasteiger partial charge in [0.1, 0.15) is 0 Å². The molecule has 176 valence electrons. The molecule has 3 aromatic rings. The molecule has 1 saturated heterocycles. The van der Waals surface area contributed by atoms with Crippen molar-refractivity contribution in [2.75, 3.05) is 18.4 Å². The van der Waals surface area contributed by atoms with E-state index in [1.807, 2.05) is 31.2 Å². The number of likely N-dealkylation sites (tertiary alicyclic amines) is 1. The number of nitrogens with one attached hydrogen (secondary N) is 2. The first-order valence-corrected chi connectivity index (χ1v) is 12.1. The average Bonchev–Trinajstić information content (AvgIpc) is 3.34. The Labute approximate surface area is 206 Å².